The number of aliphatic hydroxyl groups excluding tert-OH is 13. The van der Waals surface area contributed by atoms with E-state index in [2.05, 4.69) is 0 Å². The predicted octanol–water partition coefficient (Wildman–Crippen LogP) is -9.11. The first-order chi connectivity index (χ1) is 20.3. The van der Waals surface area contributed by atoms with Crippen LogP contribution in [-0.4, -0.2) is 210 Å². The Bertz CT molecular complexity index is 867. The van der Waals surface area contributed by atoms with Crippen LogP contribution >= 0.6 is 0 Å². The van der Waals surface area contributed by atoms with Gasteiger partial charge >= 0.3 is 0 Å². The summed E-state index contributed by atoms with van der Waals surface area (Å²) in [6.07, 6.45) is -33.2. The fourth-order valence-electron chi connectivity index (χ4n) is 5.23. The standard InChI is InChI=1S/C23H40O20/c24-1-6-10(29)12(31)15(34)21(39-6)43-19-9(28)5(27)4-37-23(19)42-18-11(30)7(2-25)40-22(16(18)35)41-17-8(3-26)38-20(36)14(33)13(17)32/h5-36H,1-4H2/t5-,6-,7-,8-,9+,10-,11-,12+,13-,14-,15-,16-,17+,18+,19-,20-,21+,22+,23+/m1/s1. The van der Waals surface area contributed by atoms with Crippen LogP contribution in [0.1, 0.15) is 0 Å². The molecule has 4 fully saturated rings. The van der Waals surface area contributed by atoms with Crippen LogP contribution in [0.3, 0.4) is 0 Å². The van der Waals surface area contributed by atoms with Crippen molar-refractivity contribution >= 4 is 0 Å². The van der Waals surface area contributed by atoms with Crippen molar-refractivity contribution in [2.24, 2.45) is 0 Å². The smallest absolute Gasteiger partial charge is 0.187 e. The lowest BCUT2D eigenvalue weighted by Gasteiger charge is -2.48. The molecule has 0 aliphatic carbocycles. The van der Waals surface area contributed by atoms with E-state index < -0.39 is 143 Å². The summed E-state index contributed by atoms with van der Waals surface area (Å²) in [5.41, 5.74) is 0. The van der Waals surface area contributed by atoms with Crippen LogP contribution in [0.25, 0.3) is 0 Å². The lowest BCUT2D eigenvalue weighted by atomic mass is 9.96. The summed E-state index contributed by atoms with van der Waals surface area (Å²) in [5.74, 6) is 0. The van der Waals surface area contributed by atoms with Crippen molar-refractivity contribution in [3.05, 3.63) is 0 Å². The zero-order valence-corrected chi connectivity index (χ0v) is 22.5. The third kappa shape index (κ3) is 7.13. The average Bonchev–Trinajstić information content (AvgIpc) is 2.99. The van der Waals surface area contributed by atoms with Crippen molar-refractivity contribution in [1.82, 2.24) is 0 Å². The molecule has 4 heterocycles. The fourth-order valence-corrected chi connectivity index (χ4v) is 5.23. The third-order valence-electron chi connectivity index (χ3n) is 7.81. The summed E-state index contributed by atoms with van der Waals surface area (Å²) in [6.45, 7) is -3.02. The molecule has 0 bridgehead atoms. The van der Waals surface area contributed by atoms with Gasteiger partial charge < -0.3 is 99.5 Å². The first-order valence-electron chi connectivity index (χ1n) is 13.5. The Morgan fingerprint density at radius 3 is 1.58 bits per heavy atom. The second-order valence-corrected chi connectivity index (χ2v) is 10.7. The van der Waals surface area contributed by atoms with Gasteiger partial charge in [-0.2, -0.15) is 0 Å². The molecule has 0 saturated carbocycles. The fraction of sp³-hybridized carbons (Fsp3) is 1.00. The molecule has 13 N–H and O–H groups in total. The Hall–Kier alpha value is -0.800. The summed E-state index contributed by atoms with van der Waals surface area (Å²) in [5, 5.41) is 132. The molecule has 0 aromatic carbocycles. The van der Waals surface area contributed by atoms with Gasteiger partial charge in [0.05, 0.1) is 26.4 Å². The van der Waals surface area contributed by atoms with E-state index in [9.17, 15) is 66.4 Å². The lowest BCUT2D eigenvalue weighted by Crippen LogP contribution is -2.67. The molecular formula is C23H40O20. The SMILES string of the molecule is OC[C@H]1O[C@@H](O[C@H]2[C@H](O[C@@H]3[C@@H](O)[C@H](O[C@@H]4[C@H](O)[C@@H](O)[C@H](O)O[C@@H]4CO)O[C@H](CO)[C@H]3O)OC[C@@H](O)[C@@H]2O)[C@H](O)[C@@H](O)[C@@H]1O. The van der Waals surface area contributed by atoms with E-state index >= 15 is 0 Å². The van der Waals surface area contributed by atoms with Gasteiger partial charge in [-0.25, -0.2) is 0 Å². The number of aliphatic hydroxyl groups is 13. The highest BCUT2D eigenvalue weighted by Gasteiger charge is 2.54. The van der Waals surface area contributed by atoms with Crippen LogP contribution < -0.4 is 0 Å². The quantitative estimate of drug-likeness (QED) is 0.112. The van der Waals surface area contributed by atoms with E-state index in [1.165, 1.54) is 0 Å². The lowest BCUT2D eigenvalue weighted by molar-refractivity contribution is -0.388. The molecule has 4 aliphatic heterocycles. The highest BCUT2D eigenvalue weighted by Crippen LogP contribution is 2.33. The molecule has 4 saturated heterocycles. The number of hydrogen-bond acceptors (Lipinski definition) is 20. The van der Waals surface area contributed by atoms with E-state index in [0.717, 1.165) is 0 Å². The van der Waals surface area contributed by atoms with Crippen LogP contribution in [0, 0.1) is 0 Å². The summed E-state index contributed by atoms with van der Waals surface area (Å²) in [7, 11) is 0. The highest BCUT2D eigenvalue weighted by molar-refractivity contribution is 4.96. The monoisotopic (exact) mass is 636 g/mol. The Balaban J connectivity index is 1.53. The molecule has 4 rings (SSSR count). The Morgan fingerprint density at radius 2 is 0.977 bits per heavy atom. The molecule has 0 aromatic heterocycles. The highest BCUT2D eigenvalue weighted by atomic mass is 16.8. The predicted molar refractivity (Wildman–Crippen MR) is 128 cm³/mol. The van der Waals surface area contributed by atoms with Crippen molar-refractivity contribution in [2.75, 3.05) is 26.4 Å². The van der Waals surface area contributed by atoms with Crippen LogP contribution in [0.4, 0.5) is 0 Å². The maximum atomic E-state index is 11.1. The molecule has 0 radical (unpaired) electrons. The van der Waals surface area contributed by atoms with Crippen molar-refractivity contribution in [1.29, 1.82) is 0 Å². The minimum absolute atomic E-state index is 0.552. The van der Waals surface area contributed by atoms with E-state index in [-0.39, 0.29) is 0 Å². The molecule has 20 nitrogen and oxygen atoms in total. The largest absolute Gasteiger partial charge is 0.394 e. The second-order valence-electron chi connectivity index (χ2n) is 10.7. The van der Waals surface area contributed by atoms with E-state index in [1.807, 2.05) is 0 Å². The third-order valence-corrected chi connectivity index (χ3v) is 7.81. The molecule has 0 aromatic rings. The number of rotatable bonds is 9. The van der Waals surface area contributed by atoms with E-state index in [0.29, 0.717) is 0 Å². The molecule has 252 valence electrons. The average molecular weight is 637 g/mol. The van der Waals surface area contributed by atoms with Gasteiger partial charge in [0.15, 0.2) is 25.2 Å². The molecule has 4 aliphatic rings. The summed E-state index contributed by atoms with van der Waals surface area (Å²) >= 11 is 0. The maximum Gasteiger partial charge on any atom is 0.187 e. The first kappa shape index (κ1) is 35.1. The van der Waals surface area contributed by atoms with Gasteiger partial charge in [0, 0.05) is 0 Å². The van der Waals surface area contributed by atoms with Crippen LogP contribution in [0.5, 0.6) is 0 Å². The molecule has 0 unspecified atom stereocenters. The Morgan fingerprint density at radius 1 is 0.442 bits per heavy atom. The van der Waals surface area contributed by atoms with Crippen molar-refractivity contribution in [2.45, 2.75) is 117 Å². The summed E-state index contributed by atoms with van der Waals surface area (Å²) < 4.78 is 37.9. The van der Waals surface area contributed by atoms with Gasteiger partial charge in [-0.05, 0) is 0 Å². The van der Waals surface area contributed by atoms with Crippen molar-refractivity contribution in [3.63, 3.8) is 0 Å². The van der Waals surface area contributed by atoms with E-state index in [1.54, 1.807) is 0 Å². The van der Waals surface area contributed by atoms with Crippen LogP contribution in [-0.2, 0) is 33.2 Å². The minimum atomic E-state index is -1.98. The van der Waals surface area contributed by atoms with E-state index in [4.69, 9.17) is 33.2 Å². The molecule has 0 spiro atoms. The van der Waals surface area contributed by atoms with Gasteiger partial charge in [0.25, 0.3) is 0 Å². The topological polar surface area (TPSA) is 328 Å². The summed E-state index contributed by atoms with van der Waals surface area (Å²) in [6, 6.07) is 0. The van der Waals surface area contributed by atoms with Gasteiger partial charge in [-0.3, -0.25) is 0 Å². The first-order valence-corrected chi connectivity index (χ1v) is 13.5. The van der Waals surface area contributed by atoms with Gasteiger partial charge in [0.1, 0.15) is 91.6 Å². The molecule has 0 amide bonds. The second kappa shape index (κ2) is 14.7. The van der Waals surface area contributed by atoms with Crippen molar-refractivity contribution < 1.29 is 99.5 Å². The zero-order valence-electron chi connectivity index (χ0n) is 22.5. The van der Waals surface area contributed by atoms with Crippen molar-refractivity contribution in [3.8, 4) is 0 Å². The Kier molecular flexibility index (Phi) is 12.0. The normalized spacial score (nSPS) is 53.1. The minimum Gasteiger partial charge on any atom is -0.394 e. The van der Waals surface area contributed by atoms with Gasteiger partial charge in [-0.15, -0.1) is 0 Å². The van der Waals surface area contributed by atoms with Crippen LogP contribution in [0.2, 0.25) is 0 Å². The molecular weight excluding hydrogens is 596 g/mol. The molecule has 43 heavy (non-hydrogen) atoms. The van der Waals surface area contributed by atoms with Crippen LogP contribution in [0.15, 0.2) is 0 Å². The van der Waals surface area contributed by atoms with Gasteiger partial charge in [0.2, 0.25) is 0 Å². The maximum absolute atomic E-state index is 11.1. The number of hydrogen-bond donors (Lipinski definition) is 13. The molecule has 19 atom stereocenters. The summed E-state index contributed by atoms with van der Waals surface area (Å²) in [4.78, 5) is 0. The number of ether oxygens (including phenoxy) is 7. The Labute approximate surface area is 243 Å². The molecule has 20 heteroatoms. The zero-order chi connectivity index (χ0) is 31.7. The van der Waals surface area contributed by atoms with Gasteiger partial charge in [-0.1, -0.05) is 0 Å².